The number of anilines is 1. The zero-order valence-electron chi connectivity index (χ0n) is 12.1. The molecule has 1 aromatic carbocycles. The van der Waals surface area contributed by atoms with E-state index in [1.165, 1.54) is 7.05 Å². The Morgan fingerprint density at radius 1 is 1.32 bits per heavy atom. The van der Waals surface area contributed by atoms with Crippen LogP contribution in [0, 0.1) is 11.6 Å². The highest BCUT2D eigenvalue weighted by atomic mass is 19.1. The molecule has 2 rings (SSSR count). The maximum absolute atomic E-state index is 13.6. The molecule has 0 radical (unpaired) electrons. The van der Waals surface area contributed by atoms with E-state index in [1.54, 1.807) is 24.5 Å². The van der Waals surface area contributed by atoms with Gasteiger partial charge in [0.1, 0.15) is 17.4 Å². The number of ether oxygens (including phenoxy) is 1. The third-order valence-corrected chi connectivity index (χ3v) is 3.08. The first-order valence-electron chi connectivity index (χ1n) is 6.82. The second-order valence-corrected chi connectivity index (χ2v) is 4.69. The van der Waals surface area contributed by atoms with Gasteiger partial charge in [-0.3, -0.25) is 9.78 Å². The van der Waals surface area contributed by atoms with Crippen LogP contribution < -0.4 is 9.64 Å². The highest BCUT2D eigenvalue weighted by Gasteiger charge is 2.15. The van der Waals surface area contributed by atoms with Crippen LogP contribution in [0.3, 0.4) is 0 Å². The molecule has 1 heterocycles. The molecule has 0 aliphatic rings. The van der Waals surface area contributed by atoms with Crippen LogP contribution >= 0.6 is 0 Å². The van der Waals surface area contributed by atoms with Crippen LogP contribution in [0.4, 0.5) is 14.5 Å². The topological polar surface area (TPSA) is 42.4 Å². The lowest BCUT2D eigenvalue weighted by atomic mass is 10.2. The smallest absolute Gasteiger partial charge is 0.226 e. The first-order chi connectivity index (χ1) is 10.6. The monoisotopic (exact) mass is 306 g/mol. The quantitative estimate of drug-likeness (QED) is 0.770. The summed E-state index contributed by atoms with van der Waals surface area (Å²) < 4.78 is 32.1. The molecule has 0 aliphatic carbocycles. The number of hydrogen-bond acceptors (Lipinski definition) is 3. The van der Waals surface area contributed by atoms with Gasteiger partial charge in [-0.15, -0.1) is 0 Å². The third-order valence-electron chi connectivity index (χ3n) is 3.08. The van der Waals surface area contributed by atoms with E-state index in [2.05, 4.69) is 4.98 Å². The number of pyridine rings is 1. The highest BCUT2D eigenvalue weighted by Crippen LogP contribution is 2.20. The maximum atomic E-state index is 13.6. The fraction of sp³-hybridized carbons (Fsp3) is 0.250. The van der Waals surface area contributed by atoms with E-state index in [4.69, 9.17) is 4.74 Å². The van der Waals surface area contributed by atoms with Crippen LogP contribution in [-0.2, 0) is 4.79 Å². The van der Waals surface area contributed by atoms with Crippen LogP contribution in [0.5, 0.6) is 5.75 Å². The van der Waals surface area contributed by atoms with E-state index in [0.29, 0.717) is 18.8 Å². The molecule has 1 amide bonds. The Morgan fingerprint density at radius 2 is 2.14 bits per heavy atom. The Morgan fingerprint density at radius 3 is 2.86 bits per heavy atom. The SMILES string of the molecule is CN(C(=O)CCCOc1cccnc1)c1cc(F)ccc1F. The molecule has 0 atom stereocenters. The molecule has 22 heavy (non-hydrogen) atoms. The summed E-state index contributed by atoms with van der Waals surface area (Å²) in [6, 6.07) is 6.53. The largest absolute Gasteiger partial charge is 0.492 e. The van der Waals surface area contributed by atoms with Crippen molar-refractivity contribution >= 4 is 11.6 Å². The minimum absolute atomic E-state index is 0.0711. The van der Waals surface area contributed by atoms with Gasteiger partial charge < -0.3 is 9.64 Å². The van der Waals surface area contributed by atoms with Crippen molar-refractivity contribution in [1.82, 2.24) is 4.98 Å². The molecule has 0 unspecified atom stereocenters. The second kappa shape index (κ2) is 7.49. The van der Waals surface area contributed by atoms with Crippen LogP contribution in [0.15, 0.2) is 42.7 Å². The third kappa shape index (κ3) is 4.25. The fourth-order valence-corrected chi connectivity index (χ4v) is 1.89. The molecule has 6 heteroatoms. The lowest BCUT2D eigenvalue weighted by molar-refractivity contribution is -0.118. The Balaban J connectivity index is 1.83. The minimum Gasteiger partial charge on any atom is -0.492 e. The zero-order valence-corrected chi connectivity index (χ0v) is 12.1. The lowest BCUT2D eigenvalue weighted by Crippen LogP contribution is -2.27. The van der Waals surface area contributed by atoms with Gasteiger partial charge in [-0.05, 0) is 30.7 Å². The van der Waals surface area contributed by atoms with Crippen molar-refractivity contribution in [2.24, 2.45) is 0 Å². The molecule has 0 fully saturated rings. The molecule has 0 spiro atoms. The minimum atomic E-state index is -0.635. The van der Waals surface area contributed by atoms with Gasteiger partial charge in [0.05, 0.1) is 18.5 Å². The fourth-order valence-electron chi connectivity index (χ4n) is 1.89. The summed E-state index contributed by atoms with van der Waals surface area (Å²) in [6.07, 6.45) is 3.86. The first-order valence-corrected chi connectivity index (χ1v) is 6.82. The lowest BCUT2D eigenvalue weighted by Gasteiger charge is -2.18. The van der Waals surface area contributed by atoms with Crippen LogP contribution in [-0.4, -0.2) is 24.5 Å². The van der Waals surface area contributed by atoms with Gasteiger partial charge in [0.25, 0.3) is 0 Å². The predicted molar refractivity (Wildman–Crippen MR) is 78.7 cm³/mol. The number of amides is 1. The predicted octanol–water partition coefficient (Wildman–Crippen LogP) is 3.18. The summed E-state index contributed by atoms with van der Waals surface area (Å²) in [7, 11) is 1.42. The van der Waals surface area contributed by atoms with E-state index in [0.717, 1.165) is 23.1 Å². The number of benzene rings is 1. The number of hydrogen-bond donors (Lipinski definition) is 0. The molecule has 1 aromatic heterocycles. The molecule has 0 bridgehead atoms. The van der Waals surface area contributed by atoms with E-state index in [9.17, 15) is 13.6 Å². The molecule has 116 valence electrons. The molecular formula is C16H16F2N2O2. The Bertz CT molecular complexity index is 635. The van der Waals surface area contributed by atoms with Crippen LogP contribution in [0.1, 0.15) is 12.8 Å². The van der Waals surface area contributed by atoms with Gasteiger partial charge in [0.15, 0.2) is 0 Å². The van der Waals surface area contributed by atoms with Crippen LogP contribution in [0.2, 0.25) is 0 Å². The van der Waals surface area contributed by atoms with Gasteiger partial charge >= 0.3 is 0 Å². The van der Waals surface area contributed by atoms with E-state index in [-0.39, 0.29) is 18.0 Å². The van der Waals surface area contributed by atoms with Gasteiger partial charge in [0.2, 0.25) is 5.91 Å². The van der Waals surface area contributed by atoms with Gasteiger partial charge in [0, 0.05) is 25.7 Å². The number of rotatable bonds is 6. The van der Waals surface area contributed by atoms with Crippen molar-refractivity contribution < 1.29 is 18.3 Å². The summed E-state index contributed by atoms with van der Waals surface area (Å²) in [4.78, 5) is 17.0. The second-order valence-electron chi connectivity index (χ2n) is 4.69. The zero-order chi connectivity index (χ0) is 15.9. The van der Waals surface area contributed by atoms with E-state index >= 15 is 0 Å². The van der Waals surface area contributed by atoms with Crippen molar-refractivity contribution in [1.29, 1.82) is 0 Å². The van der Waals surface area contributed by atoms with Crippen molar-refractivity contribution in [3.8, 4) is 5.75 Å². The van der Waals surface area contributed by atoms with Crippen molar-refractivity contribution in [2.75, 3.05) is 18.6 Å². The van der Waals surface area contributed by atoms with Crippen molar-refractivity contribution in [3.63, 3.8) is 0 Å². The summed E-state index contributed by atoms with van der Waals surface area (Å²) in [5.41, 5.74) is -0.0711. The molecule has 0 N–H and O–H groups in total. The molecule has 4 nitrogen and oxygen atoms in total. The number of halogens is 2. The molecule has 0 saturated heterocycles. The van der Waals surface area contributed by atoms with Crippen molar-refractivity contribution in [2.45, 2.75) is 12.8 Å². The van der Waals surface area contributed by atoms with E-state index < -0.39 is 11.6 Å². The van der Waals surface area contributed by atoms with Crippen LogP contribution in [0.25, 0.3) is 0 Å². The Kier molecular flexibility index (Phi) is 5.41. The standard InChI is InChI=1S/C16H16F2N2O2/c1-20(15-10-12(17)6-7-14(15)18)16(21)5-3-9-22-13-4-2-8-19-11-13/h2,4,6-8,10-11H,3,5,9H2,1H3. The number of aromatic nitrogens is 1. The highest BCUT2D eigenvalue weighted by molar-refractivity contribution is 5.92. The average Bonchev–Trinajstić information content (AvgIpc) is 2.54. The number of carbonyl (C=O) groups is 1. The first kappa shape index (κ1) is 15.9. The van der Waals surface area contributed by atoms with Gasteiger partial charge in [-0.1, -0.05) is 0 Å². The number of carbonyl (C=O) groups excluding carboxylic acids is 1. The van der Waals surface area contributed by atoms with Crippen molar-refractivity contribution in [3.05, 3.63) is 54.4 Å². The summed E-state index contributed by atoms with van der Waals surface area (Å²) in [6.45, 7) is 0.344. The maximum Gasteiger partial charge on any atom is 0.226 e. The molecule has 0 aliphatic heterocycles. The van der Waals surface area contributed by atoms with E-state index in [1.807, 2.05) is 0 Å². The normalized spacial score (nSPS) is 10.3. The Labute approximate surface area is 127 Å². The molecule has 2 aromatic rings. The molecule has 0 saturated carbocycles. The van der Waals surface area contributed by atoms with Gasteiger partial charge in [-0.25, -0.2) is 8.78 Å². The summed E-state index contributed by atoms with van der Waals surface area (Å²) in [5.74, 6) is -0.904. The molecular weight excluding hydrogens is 290 g/mol. The summed E-state index contributed by atoms with van der Waals surface area (Å²) in [5, 5.41) is 0. The number of nitrogens with zero attached hydrogens (tertiary/aromatic N) is 2. The summed E-state index contributed by atoms with van der Waals surface area (Å²) >= 11 is 0. The Hall–Kier alpha value is -2.50. The van der Waals surface area contributed by atoms with Gasteiger partial charge in [-0.2, -0.15) is 0 Å². The average molecular weight is 306 g/mol.